The zero-order valence-electron chi connectivity index (χ0n) is 9.87. The van der Waals surface area contributed by atoms with Crippen molar-refractivity contribution in [3.05, 3.63) is 23.8 Å². The lowest BCUT2D eigenvalue weighted by Crippen LogP contribution is -2.31. The maximum Gasteiger partial charge on any atom is 0.412 e. The summed E-state index contributed by atoms with van der Waals surface area (Å²) < 4.78 is 10.5. The van der Waals surface area contributed by atoms with Crippen LogP contribution in [0.25, 0.3) is 0 Å². The van der Waals surface area contributed by atoms with Gasteiger partial charge >= 0.3 is 6.09 Å². The fourth-order valence-electron chi connectivity index (χ4n) is 1.64. The van der Waals surface area contributed by atoms with Crippen molar-refractivity contribution in [1.82, 2.24) is 5.32 Å². The van der Waals surface area contributed by atoms with Crippen molar-refractivity contribution in [2.75, 3.05) is 7.05 Å². The first-order valence-electron chi connectivity index (χ1n) is 5.21. The van der Waals surface area contributed by atoms with Crippen LogP contribution in [0.2, 0.25) is 0 Å². The summed E-state index contributed by atoms with van der Waals surface area (Å²) in [5, 5.41) is 2.34. The first kappa shape index (κ1) is 11.4. The van der Waals surface area contributed by atoms with E-state index < -0.39 is 11.7 Å². The van der Waals surface area contributed by atoms with E-state index in [1.54, 1.807) is 26.0 Å². The molecule has 0 aliphatic carbocycles. The highest BCUT2D eigenvalue weighted by atomic mass is 16.6. The van der Waals surface area contributed by atoms with E-state index in [-0.39, 0.29) is 5.78 Å². The average molecular weight is 235 g/mol. The average Bonchev–Trinajstić information content (AvgIpc) is 2.49. The van der Waals surface area contributed by atoms with Gasteiger partial charge in [0.1, 0.15) is 11.5 Å². The molecule has 90 valence electrons. The molecule has 1 heterocycles. The monoisotopic (exact) mass is 235 g/mol. The fourth-order valence-corrected chi connectivity index (χ4v) is 1.64. The Kier molecular flexibility index (Phi) is 2.53. The summed E-state index contributed by atoms with van der Waals surface area (Å²) in [7, 11) is 1.47. The molecule has 0 atom stereocenters. The zero-order chi connectivity index (χ0) is 12.6. The second kappa shape index (κ2) is 3.76. The minimum atomic E-state index is -0.853. The minimum absolute atomic E-state index is 0.0704. The van der Waals surface area contributed by atoms with Gasteiger partial charge in [-0.15, -0.1) is 0 Å². The molecule has 2 rings (SSSR count). The van der Waals surface area contributed by atoms with Gasteiger partial charge in [0.25, 0.3) is 0 Å². The largest absolute Gasteiger partial charge is 0.479 e. The number of ether oxygens (including phenoxy) is 2. The highest BCUT2D eigenvalue weighted by Crippen LogP contribution is 2.37. The summed E-state index contributed by atoms with van der Waals surface area (Å²) in [5.74, 6) is 0.717. The van der Waals surface area contributed by atoms with Crippen molar-refractivity contribution >= 4 is 11.9 Å². The van der Waals surface area contributed by atoms with Crippen LogP contribution in [-0.2, 0) is 0 Å². The molecule has 1 amide bonds. The van der Waals surface area contributed by atoms with Gasteiger partial charge in [-0.3, -0.25) is 4.79 Å². The molecular weight excluding hydrogens is 222 g/mol. The summed E-state index contributed by atoms with van der Waals surface area (Å²) in [6.45, 7) is 3.41. The lowest BCUT2D eigenvalue weighted by molar-refractivity contribution is 0.0684. The number of amides is 1. The van der Waals surface area contributed by atoms with Gasteiger partial charge in [-0.05, 0) is 26.0 Å². The minimum Gasteiger partial charge on any atom is -0.479 e. The maximum atomic E-state index is 11.9. The van der Waals surface area contributed by atoms with Crippen LogP contribution in [0.3, 0.4) is 0 Å². The highest BCUT2D eigenvalue weighted by molar-refractivity contribution is 6.07. The maximum absolute atomic E-state index is 11.9. The topological polar surface area (TPSA) is 64.6 Å². The summed E-state index contributed by atoms with van der Waals surface area (Å²) in [5.41, 5.74) is -0.340. The van der Waals surface area contributed by atoms with Crippen molar-refractivity contribution in [3.8, 4) is 11.5 Å². The van der Waals surface area contributed by atoms with E-state index in [0.29, 0.717) is 17.1 Å². The number of benzene rings is 1. The van der Waals surface area contributed by atoms with E-state index >= 15 is 0 Å². The molecule has 1 N–H and O–H groups in total. The highest BCUT2D eigenvalue weighted by Gasteiger charge is 2.39. The van der Waals surface area contributed by atoms with Crippen LogP contribution in [0.5, 0.6) is 11.5 Å². The molecule has 1 aliphatic heterocycles. The molecule has 1 aliphatic rings. The third kappa shape index (κ3) is 1.95. The van der Waals surface area contributed by atoms with E-state index in [1.807, 2.05) is 0 Å². The molecule has 5 heteroatoms. The van der Waals surface area contributed by atoms with Crippen LogP contribution in [0.1, 0.15) is 24.2 Å². The lowest BCUT2D eigenvalue weighted by atomic mass is 10.00. The van der Waals surface area contributed by atoms with Gasteiger partial charge in [0.05, 0.1) is 5.56 Å². The van der Waals surface area contributed by atoms with Crippen LogP contribution in [0.15, 0.2) is 18.2 Å². The van der Waals surface area contributed by atoms with Gasteiger partial charge < -0.3 is 14.8 Å². The van der Waals surface area contributed by atoms with Crippen LogP contribution < -0.4 is 14.8 Å². The number of hydrogen-bond acceptors (Lipinski definition) is 4. The summed E-state index contributed by atoms with van der Waals surface area (Å²) in [6, 6.07) is 4.71. The van der Waals surface area contributed by atoms with Gasteiger partial charge in [0.15, 0.2) is 5.60 Å². The number of carbonyl (C=O) groups is 2. The quantitative estimate of drug-likeness (QED) is 0.805. The van der Waals surface area contributed by atoms with E-state index in [2.05, 4.69) is 5.32 Å². The number of rotatable bonds is 1. The van der Waals surface area contributed by atoms with Gasteiger partial charge in [-0.25, -0.2) is 4.79 Å². The summed E-state index contributed by atoms with van der Waals surface area (Å²) in [6.07, 6.45) is -0.562. The van der Waals surface area contributed by atoms with Gasteiger partial charge in [-0.2, -0.15) is 0 Å². The Bertz CT molecular complexity index is 493. The fraction of sp³-hybridized carbons (Fsp3) is 0.333. The molecule has 0 unspecified atom stereocenters. The van der Waals surface area contributed by atoms with Crippen molar-refractivity contribution in [2.24, 2.45) is 0 Å². The van der Waals surface area contributed by atoms with Crippen LogP contribution in [-0.4, -0.2) is 24.5 Å². The molecule has 1 aromatic rings. The Morgan fingerprint density at radius 2 is 2.12 bits per heavy atom. The Morgan fingerprint density at radius 1 is 1.41 bits per heavy atom. The van der Waals surface area contributed by atoms with Gasteiger partial charge in [0.2, 0.25) is 5.78 Å². The first-order chi connectivity index (χ1) is 7.94. The molecule has 0 saturated heterocycles. The summed E-state index contributed by atoms with van der Waals surface area (Å²) >= 11 is 0. The molecule has 0 fully saturated rings. The number of Topliss-reactive ketones (excluding diaryl/α,β-unsaturated/α-hetero) is 1. The Morgan fingerprint density at radius 3 is 2.76 bits per heavy atom. The smallest absolute Gasteiger partial charge is 0.412 e. The molecule has 0 aromatic heterocycles. The standard InChI is InChI=1S/C12H13NO4/c1-12(2)10(14)8-5-4-7(6-9(8)17-12)16-11(15)13-3/h4-6H,1-3H3,(H,13,15). The van der Waals surface area contributed by atoms with Crippen LogP contribution in [0, 0.1) is 0 Å². The molecule has 0 spiro atoms. The van der Waals surface area contributed by atoms with E-state index in [9.17, 15) is 9.59 Å². The Hall–Kier alpha value is -2.04. The normalized spacial score (nSPS) is 16.1. The first-order valence-corrected chi connectivity index (χ1v) is 5.21. The Labute approximate surface area is 98.7 Å². The van der Waals surface area contributed by atoms with E-state index in [4.69, 9.17) is 9.47 Å². The predicted molar refractivity (Wildman–Crippen MR) is 60.6 cm³/mol. The molecule has 1 aromatic carbocycles. The number of hydrogen-bond donors (Lipinski definition) is 1. The predicted octanol–water partition coefficient (Wildman–Crippen LogP) is 1.76. The van der Waals surface area contributed by atoms with Gasteiger partial charge in [0, 0.05) is 13.1 Å². The molecule has 0 bridgehead atoms. The van der Waals surface area contributed by atoms with E-state index in [1.165, 1.54) is 13.1 Å². The lowest BCUT2D eigenvalue weighted by Gasteiger charge is -2.15. The molecule has 5 nitrogen and oxygen atoms in total. The number of fused-ring (bicyclic) bond motifs is 1. The van der Waals surface area contributed by atoms with Crippen molar-refractivity contribution in [1.29, 1.82) is 0 Å². The molecule has 0 saturated carbocycles. The van der Waals surface area contributed by atoms with E-state index in [0.717, 1.165) is 0 Å². The molecule has 17 heavy (non-hydrogen) atoms. The Balaban J connectivity index is 2.29. The van der Waals surface area contributed by atoms with Crippen molar-refractivity contribution in [2.45, 2.75) is 19.4 Å². The van der Waals surface area contributed by atoms with Crippen molar-refractivity contribution in [3.63, 3.8) is 0 Å². The number of carbonyl (C=O) groups excluding carboxylic acids is 2. The number of ketones is 1. The van der Waals surface area contributed by atoms with Crippen LogP contribution >= 0.6 is 0 Å². The second-order valence-corrected chi connectivity index (χ2v) is 4.24. The van der Waals surface area contributed by atoms with Crippen molar-refractivity contribution < 1.29 is 19.1 Å². The van der Waals surface area contributed by atoms with Gasteiger partial charge in [-0.1, -0.05) is 0 Å². The second-order valence-electron chi connectivity index (χ2n) is 4.24. The molecule has 0 radical (unpaired) electrons. The third-order valence-corrected chi connectivity index (χ3v) is 2.52. The number of nitrogens with one attached hydrogen (secondary N) is 1. The third-order valence-electron chi connectivity index (χ3n) is 2.52. The molecular formula is C12H13NO4. The SMILES string of the molecule is CNC(=O)Oc1ccc2c(c1)OC(C)(C)C2=O. The van der Waals surface area contributed by atoms with Crippen LogP contribution in [0.4, 0.5) is 4.79 Å². The zero-order valence-corrected chi connectivity index (χ0v) is 9.87. The summed E-state index contributed by atoms with van der Waals surface area (Å²) in [4.78, 5) is 22.9.